The summed E-state index contributed by atoms with van der Waals surface area (Å²) >= 11 is 0. The molecule has 1 amide bonds. The molecule has 1 unspecified atom stereocenters. The number of piperazine rings is 1. The van der Waals surface area contributed by atoms with Gasteiger partial charge in [-0.1, -0.05) is 0 Å². The number of likely N-dealkylation sites (N-methyl/N-ethyl adjacent to an activating group) is 1. The zero-order valence-corrected chi connectivity index (χ0v) is 7.62. The van der Waals surface area contributed by atoms with Crippen molar-refractivity contribution in [2.75, 3.05) is 20.1 Å². The number of hydrogen-bond donors (Lipinski definition) is 2. The zero-order valence-electron chi connectivity index (χ0n) is 7.62. The number of hydrogen-bond acceptors (Lipinski definition) is 3. The van der Waals surface area contributed by atoms with Crippen molar-refractivity contribution >= 4 is 11.9 Å². The summed E-state index contributed by atoms with van der Waals surface area (Å²) in [6, 6.07) is 0.161. The fourth-order valence-corrected chi connectivity index (χ4v) is 1.41. The molecule has 1 aliphatic rings. The Labute approximate surface area is 76.7 Å². The third kappa shape index (κ3) is 3.02. The lowest BCUT2D eigenvalue weighted by atomic mass is 10.1. The Hall–Kier alpha value is -1.10. The highest BCUT2D eigenvalue weighted by Gasteiger charge is 2.23. The smallest absolute Gasteiger partial charge is 0.303 e. The van der Waals surface area contributed by atoms with Crippen molar-refractivity contribution in [2.24, 2.45) is 0 Å². The van der Waals surface area contributed by atoms with Crippen LogP contribution >= 0.6 is 0 Å². The highest BCUT2D eigenvalue weighted by atomic mass is 16.4. The second-order valence-electron chi connectivity index (χ2n) is 3.31. The topological polar surface area (TPSA) is 69.6 Å². The number of carbonyl (C=O) groups excluding carboxylic acids is 1. The molecular weight excluding hydrogens is 172 g/mol. The number of carbonyl (C=O) groups is 2. The van der Waals surface area contributed by atoms with E-state index >= 15 is 0 Å². The van der Waals surface area contributed by atoms with Gasteiger partial charge in [0.05, 0.1) is 6.54 Å². The number of carboxylic acid groups (broad SMARTS) is 1. The van der Waals surface area contributed by atoms with Crippen LogP contribution in [-0.2, 0) is 9.59 Å². The van der Waals surface area contributed by atoms with Gasteiger partial charge in [-0.05, 0) is 13.5 Å². The van der Waals surface area contributed by atoms with E-state index in [-0.39, 0.29) is 18.4 Å². The summed E-state index contributed by atoms with van der Waals surface area (Å²) in [5, 5.41) is 11.2. The van der Waals surface area contributed by atoms with Crippen LogP contribution in [-0.4, -0.2) is 48.1 Å². The summed E-state index contributed by atoms with van der Waals surface area (Å²) in [6.07, 6.45) is 0.747. The van der Waals surface area contributed by atoms with Gasteiger partial charge in [-0.2, -0.15) is 0 Å². The van der Waals surface area contributed by atoms with E-state index in [1.807, 2.05) is 11.9 Å². The Morgan fingerprint density at radius 3 is 3.00 bits per heavy atom. The lowest BCUT2D eigenvalue weighted by Crippen LogP contribution is -2.52. The molecular formula is C8H14N2O3. The standard InChI is InChI=1S/C8H14N2O3/c1-10-5-7(11)9-4-6(10)2-3-8(12)13/h6H,2-5H2,1H3,(H,9,11)(H,12,13). The molecule has 1 rings (SSSR count). The Balaban J connectivity index is 2.33. The van der Waals surface area contributed by atoms with Crippen molar-refractivity contribution in [1.82, 2.24) is 10.2 Å². The van der Waals surface area contributed by atoms with Crippen molar-refractivity contribution in [2.45, 2.75) is 18.9 Å². The maximum atomic E-state index is 10.9. The summed E-state index contributed by atoms with van der Waals surface area (Å²) in [4.78, 5) is 23.1. The van der Waals surface area contributed by atoms with Gasteiger partial charge in [-0.3, -0.25) is 14.5 Å². The molecule has 1 aliphatic heterocycles. The maximum absolute atomic E-state index is 10.9. The van der Waals surface area contributed by atoms with E-state index in [9.17, 15) is 9.59 Å². The van der Waals surface area contributed by atoms with Gasteiger partial charge in [-0.15, -0.1) is 0 Å². The number of carboxylic acids is 1. The molecule has 0 aromatic rings. The minimum Gasteiger partial charge on any atom is -0.481 e. The van der Waals surface area contributed by atoms with E-state index in [0.717, 1.165) is 0 Å². The molecule has 5 nitrogen and oxygen atoms in total. The summed E-state index contributed by atoms with van der Waals surface area (Å²) in [6.45, 7) is 0.924. The van der Waals surface area contributed by atoms with Crippen LogP contribution in [0.2, 0.25) is 0 Å². The third-order valence-corrected chi connectivity index (χ3v) is 2.24. The van der Waals surface area contributed by atoms with Crippen LogP contribution in [0.3, 0.4) is 0 Å². The van der Waals surface area contributed by atoms with E-state index < -0.39 is 5.97 Å². The van der Waals surface area contributed by atoms with E-state index in [2.05, 4.69) is 5.32 Å². The van der Waals surface area contributed by atoms with Gasteiger partial charge >= 0.3 is 5.97 Å². The molecule has 2 N–H and O–H groups in total. The Bertz CT molecular complexity index is 217. The summed E-state index contributed by atoms with van der Waals surface area (Å²) in [5.74, 6) is -0.778. The average molecular weight is 186 g/mol. The monoisotopic (exact) mass is 186 g/mol. The number of nitrogens with one attached hydrogen (secondary N) is 1. The SMILES string of the molecule is CN1CC(=O)NCC1CCC(=O)O. The minimum absolute atomic E-state index is 0.00840. The quantitative estimate of drug-likeness (QED) is 0.610. The van der Waals surface area contributed by atoms with Crippen molar-refractivity contribution in [3.63, 3.8) is 0 Å². The molecule has 1 atom stereocenters. The van der Waals surface area contributed by atoms with E-state index in [0.29, 0.717) is 19.5 Å². The number of aliphatic carboxylic acids is 1. The first-order valence-electron chi connectivity index (χ1n) is 4.28. The van der Waals surface area contributed by atoms with Crippen LogP contribution in [0, 0.1) is 0 Å². The predicted molar refractivity (Wildman–Crippen MR) is 46.3 cm³/mol. The summed E-state index contributed by atoms with van der Waals surface area (Å²) in [7, 11) is 1.84. The van der Waals surface area contributed by atoms with Crippen LogP contribution < -0.4 is 5.32 Å². The van der Waals surface area contributed by atoms with Crippen LogP contribution in [0.25, 0.3) is 0 Å². The van der Waals surface area contributed by atoms with Gasteiger partial charge in [-0.25, -0.2) is 0 Å². The van der Waals surface area contributed by atoms with E-state index in [1.54, 1.807) is 0 Å². The molecule has 1 saturated heterocycles. The van der Waals surface area contributed by atoms with Crippen LogP contribution in [0.5, 0.6) is 0 Å². The minimum atomic E-state index is -0.787. The fraction of sp³-hybridized carbons (Fsp3) is 0.750. The van der Waals surface area contributed by atoms with Crippen LogP contribution in [0.1, 0.15) is 12.8 Å². The van der Waals surface area contributed by atoms with Crippen LogP contribution in [0.4, 0.5) is 0 Å². The lowest BCUT2D eigenvalue weighted by Gasteiger charge is -2.31. The van der Waals surface area contributed by atoms with Gasteiger partial charge in [0.1, 0.15) is 0 Å². The fourth-order valence-electron chi connectivity index (χ4n) is 1.41. The van der Waals surface area contributed by atoms with E-state index in [4.69, 9.17) is 5.11 Å². The second kappa shape index (κ2) is 4.23. The number of rotatable bonds is 3. The molecule has 13 heavy (non-hydrogen) atoms. The Morgan fingerprint density at radius 1 is 1.77 bits per heavy atom. The molecule has 0 saturated carbocycles. The van der Waals surface area contributed by atoms with Gasteiger partial charge in [0.2, 0.25) is 5.91 Å². The first-order chi connectivity index (χ1) is 6.09. The molecule has 0 aliphatic carbocycles. The number of nitrogens with zero attached hydrogens (tertiary/aromatic N) is 1. The lowest BCUT2D eigenvalue weighted by molar-refractivity contribution is -0.137. The van der Waals surface area contributed by atoms with Crippen molar-refractivity contribution in [1.29, 1.82) is 0 Å². The molecule has 5 heteroatoms. The first kappa shape index (κ1) is 9.98. The second-order valence-corrected chi connectivity index (χ2v) is 3.31. The molecule has 0 radical (unpaired) electrons. The highest BCUT2D eigenvalue weighted by Crippen LogP contribution is 2.07. The van der Waals surface area contributed by atoms with Gasteiger partial charge in [0.15, 0.2) is 0 Å². The summed E-state index contributed by atoms with van der Waals surface area (Å²) in [5.41, 5.74) is 0. The van der Waals surface area contributed by atoms with Gasteiger partial charge in [0, 0.05) is 19.0 Å². The van der Waals surface area contributed by atoms with Crippen molar-refractivity contribution < 1.29 is 14.7 Å². The normalized spacial score (nSPS) is 24.1. The highest BCUT2D eigenvalue weighted by molar-refractivity contribution is 5.78. The van der Waals surface area contributed by atoms with Crippen molar-refractivity contribution in [3.8, 4) is 0 Å². The number of amides is 1. The predicted octanol–water partition coefficient (Wildman–Crippen LogP) is -0.719. The largest absolute Gasteiger partial charge is 0.481 e. The maximum Gasteiger partial charge on any atom is 0.303 e. The first-order valence-corrected chi connectivity index (χ1v) is 4.28. The zero-order chi connectivity index (χ0) is 9.84. The Kier molecular flexibility index (Phi) is 3.25. The third-order valence-electron chi connectivity index (χ3n) is 2.24. The molecule has 0 aromatic heterocycles. The molecule has 0 aromatic carbocycles. The molecule has 74 valence electrons. The van der Waals surface area contributed by atoms with Gasteiger partial charge in [0.25, 0.3) is 0 Å². The molecule has 0 spiro atoms. The van der Waals surface area contributed by atoms with Crippen LogP contribution in [0.15, 0.2) is 0 Å². The van der Waals surface area contributed by atoms with Gasteiger partial charge < -0.3 is 10.4 Å². The molecule has 1 fully saturated rings. The Morgan fingerprint density at radius 2 is 2.46 bits per heavy atom. The summed E-state index contributed by atoms with van der Waals surface area (Å²) < 4.78 is 0. The van der Waals surface area contributed by atoms with E-state index in [1.165, 1.54) is 0 Å². The van der Waals surface area contributed by atoms with Crippen molar-refractivity contribution in [3.05, 3.63) is 0 Å². The molecule has 0 bridgehead atoms. The average Bonchev–Trinajstić information content (AvgIpc) is 2.02. The molecule has 1 heterocycles.